The van der Waals surface area contributed by atoms with E-state index < -0.39 is 0 Å². The van der Waals surface area contributed by atoms with Gasteiger partial charge >= 0.3 is 0 Å². The molecule has 0 saturated carbocycles. The van der Waals surface area contributed by atoms with Gasteiger partial charge in [-0.15, -0.1) is 11.3 Å². The third-order valence-corrected chi connectivity index (χ3v) is 3.46. The molecule has 84 valence electrons. The number of nitrogens with two attached hydrogens (primary N) is 1. The number of halogens is 1. The van der Waals surface area contributed by atoms with E-state index in [4.69, 9.17) is 22.1 Å². The molecule has 2 rings (SSSR count). The Morgan fingerprint density at radius 1 is 1.50 bits per heavy atom. The lowest BCUT2D eigenvalue weighted by atomic mass is 10.1. The van der Waals surface area contributed by atoms with Gasteiger partial charge in [-0.25, -0.2) is 4.98 Å². The van der Waals surface area contributed by atoms with Crippen LogP contribution in [0.5, 0.6) is 5.75 Å². The highest BCUT2D eigenvalue weighted by Gasteiger charge is 2.09. The third kappa shape index (κ3) is 2.04. The highest BCUT2D eigenvalue weighted by molar-refractivity contribution is 7.13. The quantitative estimate of drug-likeness (QED) is 0.916. The van der Waals surface area contributed by atoms with Gasteiger partial charge in [0.05, 0.1) is 28.2 Å². The van der Waals surface area contributed by atoms with Crippen LogP contribution in [-0.4, -0.2) is 12.1 Å². The molecule has 1 aromatic carbocycles. The fourth-order valence-electron chi connectivity index (χ4n) is 1.46. The Bertz CT molecular complexity index is 498. The number of nitrogens with zero attached hydrogens (tertiary/aromatic N) is 1. The summed E-state index contributed by atoms with van der Waals surface area (Å²) in [4.78, 5) is 5.26. The zero-order chi connectivity index (χ0) is 11.5. The Hall–Kier alpha value is -1.10. The molecule has 5 heteroatoms. The van der Waals surface area contributed by atoms with E-state index in [9.17, 15) is 0 Å². The molecule has 0 spiro atoms. The highest BCUT2D eigenvalue weighted by atomic mass is 35.5. The van der Waals surface area contributed by atoms with Crippen molar-refractivity contribution in [2.45, 2.75) is 6.54 Å². The van der Waals surface area contributed by atoms with E-state index in [1.807, 2.05) is 18.2 Å². The van der Waals surface area contributed by atoms with Gasteiger partial charge in [-0.1, -0.05) is 11.6 Å². The molecule has 0 bridgehead atoms. The van der Waals surface area contributed by atoms with Crippen molar-refractivity contribution in [2.24, 2.45) is 5.73 Å². The SMILES string of the molecule is COc1ccc(-c2scnc2CN)cc1Cl. The standard InChI is InChI=1S/C11H11ClN2OS/c1-15-10-3-2-7(4-8(10)12)11-9(5-13)14-6-16-11/h2-4,6H,5,13H2,1H3. The second-order valence-corrected chi connectivity index (χ2v) is 4.44. The predicted molar refractivity (Wildman–Crippen MR) is 67.0 cm³/mol. The van der Waals surface area contributed by atoms with E-state index in [1.165, 1.54) is 0 Å². The number of hydrogen-bond donors (Lipinski definition) is 1. The van der Waals surface area contributed by atoms with E-state index in [1.54, 1.807) is 24.0 Å². The molecule has 16 heavy (non-hydrogen) atoms. The maximum atomic E-state index is 6.07. The van der Waals surface area contributed by atoms with Gasteiger partial charge in [0.1, 0.15) is 5.75 Å². The molecule has 0 fully saturated rings. The Morgan fingerprint density at radius 3 is 2.94 bits per heavy atom. The van der Waals surface area contributed by atoms with Gasteiger partial charge in [0.25, 0.3) is 0 Å². The lowest BCUT2D eigenvalue weighted by molar-refractivity contribution is 0.415. The predicted octanol–water partition coefficient (Wildman–Crippen LogP) is 2.93. The Morgan fingerprint density at radius 2 is 2.31 bits per heavy atom. The normalized spacial score (nSPS) is 10.4. The molecule has 0 amide bonds. The van der Waals surface area contributed by atoms with Gasteiger partial charge in [-0.2, -0.15) is 0 Å². The van der Waals surface area contributed by atoms with Crippen LogP contribution in [0.4, 0.5) is 0 Å². The largest absolute Gasteiger partial charge is 0.495 e. The number of benzene rings is 1. The minimum absolute atomic E-state index is 0.433. The van der Waals surface area contributed by atoms with Gasteiger partial charge in [0, 0.05) is 6.54 Å². The summed E-state index contributed by atoms with van der Waals surface area (Å²) in [5.74, 6) is 0.671. The third-order valence-electron chi connectivity index (χ3n) is 2.25. The average Bonchev–Trinajstić information content (AvgIpc) is 2.77. The van der Waals surface area contributed by atoms with Crippen molar-refractivity contribution < 1.29 is 4.74 Å². The molecule has 2 N–H and O–H groups in total. The first-order valence-electron chi connectivity index (χ1n) is 4.72. The van der Waals surface area contributed by atoms with Crippen LogP contribution in [0, 0.1) is 0 Å². The topological polar surface area (TPSA) is 48.1 Å². The first-order valence-corrected chi connectivity index (χ1v) is 5.98. The summed E-state index contributed by atoms with van der Waals surface area (Å²) >= 11 is 7.63. The van der Waals surface area contributed by atoms with Gasteiger partial charge < -0.3 is 10.5 Å². The van der Waals surface area contributed by atoms with Crippen molar-refractivity contribution in [3.8, 4) is 16.2 Å². The van der Waals surface area contributed by atoms with Crippen LogP contribution in [0.1, 0.15) is 5.69 Å². The molecule has 0 aliphatic rings. The summed E-state index contributed by atoms with van der Waals surface area (Å²) in [5.41, 5.74) is 9.32. The van der Waals surface area contributed by atoms with Gasteiger partial charge in [0.2, 0.25) is 0 Å². The first kappa shape index (κ1) is 11.4. The first-order chi connectivity index (χ1) is 7.76. The molecule has 0 aliphatic carbocycles. The summed E-state index contributed by atoms with van der Waals surface area (Å²) in [5, 5.41) is 0.594. The van der Waals surface area contributed by atoms with E-state index in [0.29, 0.717) is 17.3 Å². The second kappa shape index (κ2) is 4.82. The molecular formula is C11H11ClN2OS. The van der Waals surface area contributed by atoms with Crippen LogP contribution >= 0.6 is 22.9 Å². The van der Waals surface area contributed by atoms with Crippen LogP contribution < -0.4 is 10.5 Å². The van der Waals surface area contributed by atoms with E-state index >= 15 is 0 Å². The summed E-state index contributed by atoms with van der Waals surface area (Å²) in [6.07, 6.45) is 0. The number of aromatic nitrogens is 1. The lowest BCUT2D eigenvalue weighted by Gasteiger charge is -2.05. The van der Waals surface area contributed by atoms with Gasteiger partial charge in [0.15, 0.2) is 0 Å². The number of thiazole rings is 1. The number of ether oxygens (including phenoxy) is 1. The fourth-order valence-corrected chi connectivity index (χ4v) is 2.54. The van der Waals surface area contributed by atoms with Crippen molar-refractivity contribution in [1.29, 1.82) is 0 Å². The summed E-state index contributed by atoms with van der Waals surface area (Å²) in [7, 11) is 1.60. The minimum atomic E-state index is 0.433. The lowest BCUT2D eigenvalue weighted by Crippen LogP contribution is -1.97. The average molecular weight is 255 g/mol. The molecule has 1 heterocycles. The van der Waals surface area contributed by atoms with Crippen LogP contribution in [0.25, 0.3) is 10.4 Å². The molecule has 0 unspecified atom stereocenters. The smallest absolute Gasteiger partial charge is 0.137 e. The molecule has 3 nitrogen and oxygen atoms in total. The molecule has 0 radical (unpaired) electrons. The zero-order valence-corrected chi connectivity index (χ0v) is 10.3. The fraction of sp³-hybridized carbons (Fsp3) is 0.182. The summed E-state index contributed by atoms with van der Waals surface area (Å²) in [6, 6.07) is 5.67. The van der Waals surface area contributed by atoms with Gasteiger partial charge in [-0.05, 0) is 23.8 Å². The molecular weight excluding hydrogens is 244 g/mol. The van der Waals surface area contributed by atoms with Crippen molar-refractivity contribution in [3.63, 3.8) is 0 Å². The number of rotatable bonds is 3. The number of hydrogen-bond acceptors (Lipinski definition) is 4. The maximum absolute atomic E-state index is 6.07. The minimum Gasteiger partial charge on any atom is -0.495 e. The van der Waals surface area contributed by atoms with Crippen molar-refractivity contribution in [2.75, 3.05) is 7.11 Å². The summed E-state index contributed by atoms with van der Waals surface area (Å²) in [6.45, 7) is 0.433. The van der Waals surface area contributed by atoms with E-state index in [0.717, 1.165) is 16.1 Å². The van der Waals surface area contributed by atoms with Crippen molar-refractivity contribution in [1.82, 2.24) is 4.98 Å². The second-order valence-electron chi connectivity index (χ2n) is 3.18. The molecule has 0 aliphatic heterocycles. The Labute approximate surface area is 103 Å². The van der Waals surface area contributed by atoms with E-state index in [2.05, 4.69) is 4.98 Å². The monoisotopic (exact) mass is 254 g/mol. The number of methoxy groups -OCH3 is 1. The highest BCUT2D eigenvalue weighted by Crippen LogP contribution is 2.33. The van der Waals surface area contributed by atoms with Crippen molar-refractivity contribution in [3.05, 3.63) is 34.4 Å². The van der Waals surface area contributed by atoms with E-state index in [-0.39, 0.29) is 0 Å². The molecule has 0 saturated heterocycles. The molecule has 2 aromatic rings. The Kier molecular flexibility index (Phi) is 3.43. The maximum Gasteiger partial charge on any atom is 0.137 e. The molecule has 1 aromatic heterocycles. The van der Waals surface area contributed by atoms with Gasteiger partial charge in [-0.3, -0.25) is 0 Å². The zero-order valence-electron chi connectivity index (χ0n) is 8.74. The van der Waals surface area contributed by atoms with Crippen LogP contribution in [0.3, 0.4) is 0 Å². The van der Waals surface area contributed by atoms with Crippen LogP contribution in [-0.2, 0) is 6.54 Å². The summed E-state index contributed by atoms with van der Waals surface area (Å²) < 4.78 is 5.11. The van der Waals surface area contributed by atoms with Crippen molar-refractivity contribution >= 4 is 22.9 Å². The molecule has 0 atom stereocenters. The van der Waals surface area contributed by atoms with Crippen LogP contribution in [0.15, 0.2) is 23.7 Å². The Balaban J connectivity index is 2.45. The van der Waals surface area contributed by atoms with Crippen LogP contribution in [0.2, 0.25) is 5.02 Å².